The number of hydrogen-bond donors (Lipinski definition) is 0. The number of aryl methyl sites for hydroxylation is 1. The quantitative estimate of drug-likeness (QED) is 0.736. The van der Waals surface area contributed by atoms with E-state index in [1.54, 1.807) is 11.3 Å². The lowest BCUT2D eigenvalue weighted by Crippen LogP contribution is -2.47. The van der Waals surface area contributed by atoms with Crippen molar-refractivity contribution >= 4 is 26.7 Å². The summed E-state index contributed by atoms with van der Waals surface area (Å²) in [6, 6.07) is 8.47. The molecule has 0 aliphatic carbocycles. The Hall–Kier alpha value is -1.99. The van der Waals surface area contributed by atoms with Gasteiger partial charge in [0, 0.05) is 26.2 Å². The maximum atomic E-state index is 5.30. The topological polar surface area (TPSA) is 58.3 Å². The lowest BCUT2D eigenvalue weighted by atomic mass is 10.2. The molecule has 4 rings (SSSR count). The van der Waals surface area contributed by atoms with Crippen molar-refractivity contribution in [2.24, 2.45) is 0 Å². The van der Waals surface area contributed by atoms with Crippen LogP contribution in [0.5, 0.6) is 0 Å². The van der Waals surface area contributed by atoms with E-state index in [9.17, 15) is 0 Å². The molecule has 3 aromatic rings. The van der Waals surface area contributed by atoms with Crippen LogP contribution in [0.1, 0.15) is 24.7 Å². The Morgan fingerprint density at radius 2 is 1.91 bits per heavy atom. The lowest BCUT2D eigenvalue weighted by molar-refractivity contribution is 0.164. The van der Waals surface area contributed by atoms with Gasteiger partial charge in [0.25, 0.3) is 0 Å². The number of rotatable bonds is 3. The highest BCUT2D eigenvalue weighted by molar-refractivity contribution is 7.22. The minimum absolute atomic E-state index is 0.161. The van der Waals surface area contributed by atoms with Crippen molar-refractivity contribution in [3.63, 3.8) is 0 Å². The molecular weight excluding hydrogens is 310 g/mol. The van der Waals surface area contributed by atoms with Crippen LogP contribution in [0.3, 0.4) is 0 Å². The molecule has 1 saturated heterocycles. The van der Waals surface area contributed by atoms with Gasteiger partial charge in [-0.3, -0.25) is 4.90 Å². The van der Waals surface area contributed by atoms with E-state index in [2.05, 4.69) is 45.1 Å². The third kappa shape index (κ3) is 2.82. The van der Waals surface area contributed by atoms with Crippen LogP contribution < -0.4 is 4.90 Å². The molecule has 1 unspecified atom stereocenters. The standard InChI is InChI=1S/C16H19N5OS/c1-11(15-17-12(2)19-22-15)20-7-9-21(10-8-20)16-18-13-5-3-4-6-14(13)23-16/h3-6,11H,7-10H2,1-2H3. The van der Waals surface area contributed by atoms with Crippen LogP contribution in [0.15, 0.2) is 28.8 Å². The Morgan fingerprint density at radius 1 is 1.13 bits per heavy atom. The first-order chi connectivity index (χ1) is 11.2. The Labute approximate surface area is 138 Å². The van der Waals surface area contributed by atoms with Crippen LogP contribution >= 0.6 is 11.3 Å². The summed E-state index contributed by atoms with van der Waals surface area (Å²) in [5, 5.41) is 5.01. The Kier molecular flexibility index (Phi) is 3.74. The fourth-order valence-corrected chi connectivity index (χ4v) is 3.95. The number of fused-ring (bicyclic) bond motifs is 1. The number of aromatic nitrogens is 3. The summed E-state index contributed by atoms with van der Waals surface area (Å²) in [6.07, 6.45) is 0. The Balaban J connectivity index is 1.44. The van der Waals surface area contributed by atoms with Gasteiger partial charge in [-0.25, -0.2) is 4.98 Å². The molecule has 23 heavy (non-hydrogen) atoms. The number of para-hydroxylation sites is 1. The molecule has 0 amide bonds. The second-order valence-corrected chi connectivity index (χ2v) is 6.85. The van der Waals surface area contributed by atoms with Crippen molar-refractivity contribution in [1.29, 1.82) is 0 Å². The molecule has 1 fully saturated rings. The maximum Gasteiger partial charge on any atom is 0.243 e. The van der Waals surface area contributed by atoms with Gasteiger partial charge in [-0.05, 0) is 26.0 Å². The summed E-state index contributed by atoms with van der Waals surface area (Å²) >= 11 is 1.77. The summed E-state index contributed by atoms with van der Waals surface area (Å²) < 4.78 is 6.55. The monoisotopic (exact) mass is 329 g/mol. The van der Waals surface area contributed by atoms with Gasteiger partial charge in [-0.2, -0.15) is 4.98 Å². The Bertz CT molecular complexity index is 773. The number of thiazole rings is 1. The van der Waals surface area contributed by atoms with E-state index in [4.69, 9.17) is 9.51 Å². The molecular formula is C16H19N5OS. The number of hydrogen-bond acceptors (Lipinski definition) is 7. The van der Waals surface area contributed by atoms with Crippen LogP contribution in [0, 0.1) is 6.92 Å². The summed E-state index contributed by atoms with van der Waals surface area (Å²) in [5.41, 5.74) is 1.09. The second kappa shape index (κ2) is 5.90. The first kappa shape index (κ1) is 14.6. The zero-order valence-corrected chi connectivity index (χ0v) is 14.1. The molecule has 2 aromatic heterocycles. The van der Waals surface area contributed by atoms with Gasteiger partial charge in [0.1, 0.15) is 0 Å². The van der Waals surface area contributed by atoms with Gasteiger partial charge >= 0.3 is 0 Å². The predicted molar refractivity (Wildman–Crippen MR) is 90.9 cm³/mol. The summed E-state index contributed by atoms with van der Waals surface area (Å²) in [5.74, 6) is 1.40. The molecule has 1 aliphatic rings. The summed E-state index contributed by atoms with van der Waals surface area (Å²) in [4.78, 5) is 13.9. The molecule has 1 aromatic carbocycles. The maximum absolute atomic E-state index is 5.30. The molecule has 3 heterocycles. The number of benzene rings is 1. The van der Waals surface area contributed by atoms with Gasteiger partial charge in [0.15, 0.2) is 11.0 Å². The first-order valence-corrected chi connectivity index (χ1v) is 8.67. The predicted octanol–water partition coefficient (Wildman–Crippen LogP) is 2.87. The number of piperazine rings is 1. The molecule has 0 N–H and O–H groups in total. The zero-order chi connectivity index (χ0) is 15.8. The highest BCUT2D eigenvalue weighted by Crippen LogP contribution is 2.30. The van der Waals surface area contributed by atoms with Crippen LogP contribution in [-0.4, -0.2) is 46.2 Å². The minimum atomic E-state index is 0.161. The lowest BCUT2D eigenvalue weighted by Gasteiger charge is -2.36. The third-order valence-electron chi connectivity index (χ3n) is 4.32. The molecule has 0 bridgehead atoms. The molecule has 1 aliphatic heterocycles. The second-order valence-electron chi connectivity index (χ2n) is 5.84. The molecule has 1 atom stereocenters. The van der Waals surface area contributed by atoms with Crippen molar-refractivity contribution in [2.45, 2.75) is 19.9 Å². The number of anilines is 1. The Morgan fingerprint density at radius 3 is 2.61 bits per heavy atom. The van der Waals surface area contributed by atoms with Crippen LogP contribution in [0.4, 0.5) is 5.13 Å². The number of nitrogens with zero attached hydrogens (tertiary/aromatic N) is 5. The molecule has 7 heteroatoms. The average molecular weight is 329 g/mol. The van der Waals surface area contributed by atoms with Gasteiger partial charge < -0.3 is 9.42 Å². The highest BCUT2D eigenvalue weighted by Gasteiger charge is 2.26. The van der Waals surface area contributed by atoms with Crippen molar-refractivity contribution < 1.29 is 4.52 Å². The minimum Gasteiger partial charge on any atom is -0.345 e. The molecule has 6 nitrogen and oxygen atoms in total. The van der Waals surface area contributed by atoms with E-state index in [0.717, 1.165) is 36.8 Å². The average Bonchev–Trinajstić information content (AvgIpc) is 3.20. The molecule has 0 radical (unpaired) electrons. The molecule has 0 saturated carbocycles. The van der Waals surface area contributed by atoms with Crippen LogP contribution in [-0.2, 0) is 0 Å². The SMILES string of the molecule is Cc1noc(C(C)N2CCN(c3nc4ccccc4s3)CC2)n1. The third-order valence-corrected chi connectivity index (χ3v) is 5.41. The van der Waals surface area contributed by atoms with E-state index < -0.39 is 0 Å². The fourth-order valence-electron chi connectivity index (χ4n) is 2.93. The van der Waals surface area contributed by atoms with Gasteiger partial charge in [-0.1, -0.05) is 28.6 Å². The van der Waals surface area contributed by atoms with Crippen molar-refractivity contribution in [2.75, 3.05) is 31.1 Å². The zero-order valence-electron chi connectivity index (χ0n) is 13.3. The largest absolute Gasteiger partial charge is 0.345 e. The van der Waals surface area contributed by atoms with Crippen molar-refractivity contribution in [3.05, 3.63) is 36.0 Å². The van der Waals surface area contributed by atoms with E-state index in [1.807, 2.05) is 13.0 Å². The fraction of sp³-hybridized carbons (Fsp3) is 0.438. The van der Waals surface area contributed by atoms with E-state index in [1.165, 1.54) is 4.70 Å². The highest BCUT2D eigenvalue weighted by atomic mass is 32.1. The first-order valence-electron chi connectivity index (χ1n) is 7.85. The summed E-state index contributed by atoms with van der Waals surface area (Å²) in [7, 11) is 0. The molecule has 120 valence electrons. The van der Waals surface area contributed by atoms with E-state index >= 15 is 0 Å². The van der Waals surface area contributed by atoms with Gasteiger partial charge in [0.05, 0.1) is 16.3 Å². The van der Waals surface area contributed by atoms with E-state index in [-0.39, 0.29) is 6.04 Å². The summed E-state index contributed by atoms with van der Waals surface area (Å²) in [6.45, 7) is 7.86. The van der Waals surface area contributed by atoms with Crippen LogP contribution in [0.25, 0.3) is 10.2 Å². The van der Waals surface area contributed by atoms with Crippen LogP contribution in [0.2, 0.25) is 0 Å². The van der Waals surface area contributed by atoms with Crippen molar-refractivity contribution in [1.82, 2.24) is 20.0 Å². The smallest absolute Gasteiger partial charge is 0.243 e. The normalized spacial score (nSPS) is 17.7. The van der Waals surface area contributed by atoms with Gasteiger partial charge in [0.2, 0.25) is 5.89 Å². The van der Waals surface area contributed by atoms with Gasteiger partial charge in [-0.15, -0.1) is 0 Å². The molecule has 0 spiro atoms. The van der Waals surface area contributed by atoms with E-state index in [0.29, 0.717) is 11.7 Å². The van der Waals surface area contributed by atoms with Crippen molar-refractivity contribution in [3.8, 4) is 0 Å².